The van der Waals surface area contributed by atoms with E-state index in [0.717, 1.165) is 6.29 Å². The molecule has 0 fully saturated rings. The Balaban J connectivity index is -0.000000214. The number of rotatable bonds is 1. The molecular weight excluding hydrogens is 278 g/mol. The van der Waals surface area contributed by atoms with Crippen LogP contribution >= 0.6 is 11.6 Å². The van der Waals surface area contributed by atoms with Gasteiger partial charge in [-0.2, -0.15) is 0 Å². The zero-order valence-corrected chi connectivity index (χ0v) is 14.3. The maximum atomic E-state index is 10.1. The van der Waals surface area contributed by atoms with Crippen molar-refractivity contribution in [2.24, 2.45) is 0 Å². The van der Waals surface area contributed by atoms with Crippen molar-refractivity contribution in [3.63, 3.8) is 0 Å². The number of carbonyl (C=O) groups excluding carboxylic acids is 1. The summed E-state index contributed by atoms with van der Waals surface area (Å²) in [4.78, 5) is 10.1. The summed E-state index contributed by atoms with van der Waals surface area (Å²) < 4.78 is 34.1. The minimum absolute atomic E-state index is 0. The first-order valence-electron chi connectivity index (χ1n) is 3.21. The van der Waals surface area contributed by atoms with Crippen molar-refractivity contribution in [3.8, 4) is 0 Å². The van der Waals surface area contributed by atoms with E-state index in [9.17, 15) is 4.79 Å². The molecule has 0 unspecified atom stereocenters. The summed E-state index contributed by atoms with van der Waals surface area (Å²) in [6.07, 6.45) is 0.738. The summed E-state index contributed by atoms with van der Waals surface area (Å²) in [6.45, 7) is 0. The van der Waals surface area contributed by atoms with Gasteiger partial charge in [0.15, 0.2) is 6.29 Å². The fourth-order valence-electron chi connectivity index (χ4n) is 0.571. The Kier molecular flexibility index (Phi) is 15.5. The van der Waals surface area contributed by atoms with Crippen LogP contribution in [0.2, 0.25) is 5.02 Å². The molecule has 0 aromatic heterocycles. The monoisotopic (exact) mass is 282 g/mol. The Morgan fingerprint density at radius 1 is 1.12 bits per heavy atom. The first-order valence-corrected chi connectivity index (χ1v) is 4.92. The first kappa shape index (κ1) is 22.2. The summed E-state index contributed by atoms with van der Waals surface area (Å²) >= 11 is 5.59. The maximum absolute atomic E-state index is 10.1. The zero-order chi connectivity index (χ0) is 11.2. The molecule has 1 aromatic rings. The molecule has 0 amide bonds. The molecule has 0 bridgehead atoms. The van der Waals surface area contributed by atoms with Crippen LogP contribution in [0.3, 0.4) is 0 Å². The molecule has 0 N–H and O–H groups in total. The number of hydrogen-bond acceptors (Lipinski definition) is 5. The number of halogens is 1. The van der Waals surface area contributed by atoms with Crippen LogP contribution in [0, 0.1) is 0 Å². The summed E-state index contributed by atoms with van der Waals surface area (Å²) in [5.74, 6) is 0. The van der Waals surface area contributed by atoms with E-state index < -0.39 is 10.4 Å². The molecule has 0 spiro atoms. The Morgan fingerprint density at radius 3 is 1.75 bits per heavy atom. The van der Waals surface area contributed by atoms with Crippen molar-refractivity contribution in [3.05, 3.63) is 34.9 Å². The van der Waals surface area contributed by atoms with Gasteiger partial charge in [0.2, 0.25) is 0 Å². The Bertz CT molecular complexity index is 401. The van der Waals surface area contributed by atoms with Crippen molar-refractivity contribution in [1.29, 1.82) is 0 Å². The molecule has 16 heavy (non-hydrogen) atoms. The first-order chi connectivity index (χ1) is 6.34. The Morgan fingerprint density at radius 2 is 1.50 bits per heavy atom. The molecule has 9 heteroatoms. The second kappa shape index (κ2) is 11.2. The van der Waals surface area contributed by atoms with Crippen LogP contribution in [-0.4, -0.2) is 23.8 Å². The Hall–Kier alpha value is 1.05. The van der Waals surface area contributed by atoms with Crippen LogP contribution in [0.15, 0.2) is 24.3 Å². The topological polar surface area (TPSA) is 97.3 Å². The normalized spacial score (nSPS) is 8.69. The summed E-state index contributed by atoms with van der Waals surface area (Å²) in [5, 5.41) is 0.507. The van der Waals surface area contributed by atoms with Gasteiger partial charge in [-0.15, -0.1) is 0 Å². The second-order valence-corrected chi connectivity index (χ2v) is 3.27. The van der Waals surface area contributed by atoms with Crippen LogP contribution in [0.25, 0.3) is 0 Å². The number of hydrogen-bond donors (Lipinski definition) is 0. The standard InChI is InChI=1S/C7H5ClO.2Na.H2O4S/c8-7-4-2-1-3-6(7)5-9;;;1-5(2,3)4/h1-5H;;;(H2,1,2,3,4)/q;2*+1;/p-2. The van der Waals surface area contributed by atoms with Gasteiger partial charge < -0.3 is 9.11 Å². The fraction of sp³-hybridized carbons (Fsp3) is 0. The van der Waals surface area contributed by atoms with Crippen LogP contribution < -0.4 is 59.1 Å². The van der Waals surface area contributed by atoms with E-state index in [-0.39, 0.29) is 59.1 Å². The molecule has 0 heterocycles. The molecule has 0 aliphatic heterocycles. The van der Waals surface area contributed by atoms with Crippen LogP contribution in [0.5, 0.6) is 0 Å². The van der Waals surface area contributed by atoms with Crippen molar-refractivity contribution in [2.45, 2.75) is 0 Å². The van der Waals surface area contributed by atoms with Crippen LogP contribution in [0.1, 0.15) is 10.4 Å². The molecule has 0 saturated carbocycles. The van der Waals surface area contributed by atoms with Gasteiger partial charge in [0.25, 0.3) is 0 Å². The van der Waals surface area contributed by atoms with Crippen LogP contribution in [0.4, 0.5) is 0 Å². The van der Waals surface area contributed by atoms with Gasteiger partial charge in [0.05, 0.1) is 5.02 Å². The molecule has 78 valence electrons. The summed E-state index contributed by atoms with van der Waals surface area (Å²) in [6, 6.07) is 6.92. The van der Waals surface area contributed by atoms with Gasteiger partial charge in [-0.3, -0.25) is 13.2 Å². The van der Waals surface area contributed by atoms with E-state index >= 15 is 0 Å². The predicted molar refractivity (Wildman–Crippen MR) is 47.3 cm³/mol. The number of benzene rings is 1. The number of aldehydes is 1. The summed E-state index contributed by atoms with van der Waals surface area (Å²) in [7, 11) is -5.17. The molecule has 1 rings (SSSR count). The molecule has 0 saturated heterocycles. The minimum atomic E-state index is -5.17. The molecular formula is C7H5ClNa2O5S. The van der Waals surface area contributed by atoms with Crippen molar-refractivity contribution in [2.75, 3.05) is 0 Å². The second-order valence-electron chi connectivity index (χ2n) is 2.05. The van der Waals surface area contributed by atoms with E-state index in [4.69, 9.17) is 29.1 Å². The maximum Gasteiger partial charge on any atom is 1.00 e. The zero-order valence-electron chi connectivity index (χ0n) is 8.71. The van der Waals surface area contributed by atoms with E-state index in [1.165, 1.54) is 0 Å². The molecule has 0 aliphatic carbocycles. The van der Waals surface area contributed by atoms with E-state index in [0.29, 0.717) is 10.6 Å². The van der Waals surface area contributed by atoms with Gasteiger partial charge in [-0.25, -0.2) is 0 Å². The third kappa shape index (κ3) is 15.0. The van der Waals surface area contributed by atoms with Crippen molar-refractivity contribution in [1.82, 2.24) is 0 Å². The van der Waals surface area contributed by atoms with E-state index in [2.05, 4.69) is 0 Å². The smallest absolute Gasteiger partial charge is 0.759 e. The van der Waals surface area contributed by atoms with Gasteiger partial charge in [0, 0.05) is 16.0 Å². The average molecular weight is 283 g/mol. The largest absolute Gasteiger partial charge is 1.00 e. The van der Waals surface area contributed by atoms with E-state index in [1.807, 2.05) is 0 Å². The van der Waals surface area contributed by atoms with Crippen LogP contribution in [-0.2, 0) is 10.4 Å². The average Bonchev–Trinajstić information content (AvgIpc) is 2.02. The molecule has 0 radical (unpaired) electrons. The van der Waals surface area contributed by atoms with Gasteiger partial charge >= 0.3 is 59.1 Å². The minimum Gasteiger partial charge on any atom is -0.759 e. The molecule has 1 aromatic carbocycles. The fourth-order valence-corrected chi connectivity index (χ4v) is 0.751. The molecule has 0 atom stereocenters. The predicted octanol–water partition coefficient (Wildman–Crippen LogP) is -5.18. The molecule has 5 nitrogen and oxygen atoms in total. The third-order valence-electron chi connectivity index (χ3n) is 1.03. The van der Waals surface area contributed by atoms with Gasteiger partial charge in [-0.1, -0.05) is 29.8 Å². The number of carbonyl (C=O) groups is 1. The SMILES string of the molecule is O=Cc1ccccc1Cl.O=S(=O)([O-])[O-].[Na+].[Na+]. The quantitative estimate of drug-likeness (QED) is 0.222. The van der Waals surface area contributed by atoms with Gasteiger partial charge in [-0.05, 0) is 6.07 Å². The van der Waals surface area contributed by atoms with Gasteiger partial charge in [0.1, 0.15) is 0 Å². The molecule has 0 aliphatic rings. The third-order valence-corrected chi connectivity index (χ3v) is 1.38. The van der Waals surface area contributed by atoms with Crippen molar-refractivity contribution >= 4 is 28.3 Å². The van der Waals surface area contributed by atoms with E-state index in [1.54, 1.807) is 24.3 Å². The summed E-state index contributed by atoms with van der Waals surface area (Å²) in [5.41, 5.74) is 0.541. The Labute approximate surface area is 143 Å². The van der Waals surface area contributed by atoms with Crippen molar-refractivity contribution < 1.29 is 81.4 Å².